The van der Waals surface area contributed by atoms with Crippen LogP contribution in [0.2, 0.25) is 0 Å². The molecule has 0 rings (SSSR count). The predicted molar refractivity (Wildman–Crippen MR) is 25.1 cm³/mol. The summed E-state index contributed by atoms with van der Waals surface area (Å²) < 4.78 is 7.98. The molecule has 0 aromatic carbocycles. The maximum atomic E-state index is 10.0. The highest BCUT2D eigenvalue weighted by atomic mass is 16.6. The van der Waals surface area contributed by atoms with Gasteiger partial charge in [0.15, 0.2) is 0 Å². The average Bonchev–Trinajstić information content (AvgIpc) is 1.84. The fraction of sp³-hybridized carbons (Fsp3) is 0.500. The van der Waals surface area contributed by atoms with Gasteiger partial charge < -0.3 is 9.47 Å². The van der Waals surface area contributed by atoms with Crippen molar-refractivity contribution < 1.29 is 20.5 Å². The number of hydrogen-bond acceptors (Lipinski definition) is 4. The molecule has 4 nitrogen and oxygen atoms in total. The number of carbonyl (C=O) groups is 2. The second kappa shape index (κ2) is 3.01. The van der Waals surface area contributed by atoms with Crippen molar-refractivity contribution in [3.63, 3.8) is 0 Å². The van der Waals surface area contributed by atoms with E-state index in [9.17, 15) is 9.59 Å². The van der Waals surface area contributed by atoms with Crippen LogP contribution >= 0.6 is 0 Å². The third-order valence-corrected chi connectivity index (χ3v) is 0.537. The maximum Gasteiger partial charge on any atom is 1.00 e. The number of rotatable bonds is 0. The molecule has 0 spiro atoms. The normalized spacial score (nSPS) is 7.75. The quantitative estimate of drug-likeness (QED) is 0.317. The van der Waals surface area contributed by atoms with Crippen LogP contribution in [0.5, 0.6) is 0 Å². The van der Waals surface area contributed by atoms with Gasteiger partial charge in [-0.15, -0.1) is 0 Å². The molecule has 46 valence electrons. The van der Waals surface area contributed by atoms with E-state index in [0.717, 1.165) is 14.2 Å². The van der Waals surface area contributed by atoms with Gasteiger partial charge in [-0.1, -0.05) is 0 Å². The van der Waals surface area contributed by atoms with Crippen LogP contribution in [0.15, 0.2) is 0 Å². The Labute approximate surface area is 47.9 Å². The molecule has 4 heteroatoms. The summed E-state index contributed by atoms with van der Waals surface area (Å²) in [5.41, 5.74) is 0. The molecule has 0 amide bonds. The van der Waals surface area contributed by atoms with E-state index in [1.807, 2.05) is 0 Å². The minimum absolute atomic E-state index is 0. The molecule has 0 fully saturated rings. The molecule has 0 atom stereocenters. The van der Waals surface area contributed by atoms with Gasteiger partial charge in [-0.05, 0) is 0 Å². The van der Waals surface area contributed by atoms with E-state index in [1.165, 1.54) is 0 Å². The SMILES string of the molecule is COC(=O)C(=O)OC.[H+]. The summed E-state index contributed by atoms with van der Waals surface area (Å²) in [7, 11) is 2.22. The molecule has 0 aromatic rings. The van der Waals surface area contributed by atoms with E-state index >= 15 is 0 Å². The van der Waals surface area contributed by atoms with Gasteiger partial charge in [0.05, 0.1) is 14.2 Å². The number of carbonyl (C=O) groups excluding carboxylic acids is 2. The summed E-state index contributed by atoms with van der Waals surface area (Å²) in [6, 6.07) is 0. The van der Waals surface area contributed by atoms with Gasteiger partial charge in [0.2, 0.25) is 0 Å². The first-order valence-corrected chi connectivity index (χ1v) is 1.88. The molecule has 0 N–H and O–H groups in total. The molecular formula is C4H7O4+. The van der Waals surface area contributed by atoms with Gasteiger partial charge in [-0.3, -0.25) is 0 Å². The molecule has 0 heterocycles. The van der Waals surface area contributed by atoms with Crippen molar-refractivity contribution in [2.24, 2.45) is 0 Å². The summed E-state index contributed by atoms with van der Waals surface area (Å²) >= 11 is 0. The van der Waals surface area contributed by atoms with Gasteiger partial charge in [0.25, 0.3) is 0 Å². The van der Waals surface area contributed by atoms with Crippen molar-refractivity contribution in [3.05, 3.63) is 0 Å². The van der Waals surface area contributed by atoms with Crippen LogP contribution in [0, 0.1) is 0 Å². The lowest BCUT2D eigenvalue weighted by molar-refractivity contribution is -0.164. The van der Waals surface area contributed by atoms with E-state index in [4.69, 9.17) is 0 Å². The lowest BCUT2D eigenvalue weighted by atomic mass is 10.7. The predicted octanol–water partition coefficient (Wildman–Crippen LogP) is -0.555. The van der Waals surface area contributed by atoms with Crippen LogP contribution in [0.3, 0.4) is 0 Å². The largest absolute Gasteiger partial charge is 1.00 e. The van der Waals surface area contributed by atoms with Crippen molar-refractivity contribution in [1.82, 2.24) is 0 Å². The van der Waals surface area contributed by atoms with Crippen LogP contribution in [0.25, 0.3) is 0 Å². The van der Waals surface area contributed by atoms with E-state index in [1.54, 1.807) is 0 Å². The van der Waals surface area contributed by atoms with E-state index < -0.39 is 11.9 Å². The molecular weight excluding hydrogens is 112 g/mol. The minimum atomic E-state index is -0.979. The van der Waals surface area contributed by atoms with Crippen molar-refractivity contribution in [1.29, 1.82) is 0 Å². The zero-order valence-electron chi connectivity index (χ0n) is 5.63. The summed E-state index contributed by atoms with van der Waals surface area (Å²) in [6.07, 6.45) is 0. The summed E-state index contributed by atoms with van der Waals surface area (Å²) in [5, 5.41) is 0. The lowest BCUT2D eigenvalue weighted by Gasteiger charge is -1.92. The first kappa shape index (κ1) is 6.94. The Morgan fingerprint density at radius 3 is 1.50 bits per heavy atom. The van der Waals surface area contributed by atoms with Gasteiger partial charge >= 0.3 is 13.4 Å². The monoisotopic (exact) mass is 119 g/mol. The number of ether oxygens (including phenoxy) is 2. The molecule has 8 heavy (non-hydrogen) atoms. The Morgan fingerprint density at radius 1 is 1.12 bits per heavy atom. The highest BCUT2D eigenvalue weighted by molar-refractivity contribution is 6.29. The van der Waals surface area contributed by atoms with Crippen LogP contribution < -0.4 is 0 Å². The molecule has 0 saturated carbocycles. The minimum Gasteiger partial charge on any atom is -0.461 e. The van der Waals surface area contributed by atoms with E-state index in [0.29, 0.717) is 0 Å². The number of methoxy groups -OCH3 is 2. The first-order valence-electron chi connectivity index (χ1n) is 1.88. The number of hydrogen-bond donors (Lipinski definition) is 0. The standard InChI is InChI=1S/C4H6O4/c1-7-3(5)4(6)8-2/h1-2H3/p+1. The Bertz CT molecular complexity index is 97.1. The maximum absolute atomic E-state index is 10.0. The topological polar surface area (TPSA) is 52.6 Å². The molecule has 0 aromatic heterocycles. The fourth-order valence-corrected chi connectivity index (χ4v) is 0.167. The lowest BCUT2D eigenvalue weighted by Crippen LogP contribution is -2.16. The van der Waals surface area contributed by atoms with Crippen LogP contribution in [0.1, 0.15) is 1.43 Å². The van der Waals surface area contributed by atoms with Crippen LogP contribution in [0.4, 0.5) is 0 Å². The van der Waals surface area contributed by atoms with Crippen LogP contribution in [-0.2, 0) is 19.1 Å². The van der Waals surface area contributed by atoms with Crippen LogP contribution in [-0.4, -0.2) is 26.2 Å². The first-order chi connectivity index (χ1) is 3.72. The van der Waals surface area contributed by atoms with E-state index in [-0.39, 0.29) is 1.43 Å². The van der Waals surface area contributed by atoms with Crippen molar-refractivity contribution in [2.45, 2.75) is 0 Å². The zero-order valence-corrected chi connectivity index (χ0v) is 4.63. The second-order valence-electron chi connectivity index (χ2n) is 0.983. The Hall–Kier alpha value is -1.06. The smallest absolute Gasteiger partial charge is 0.461 e. The van der Waals surface area contributed by atoms with Crippen molar-refractivity contribution in [2.75, 3.05) is 14.2 Å². The van der Waals surface area contributed by atoms with Gasteiger partial charge in [0, 0.05) is 0 Å². The molecule has 0 unspecified atom stereocenters. The van der Waals surface area contributed by atoms with Gasteiger partial charge in [-0.2, -0.15) is 0 Å². The zero-order chi connectivity index (χ0) is 6.57. The molecule has 0 aliphatic heterocycles. The summed E-state index contributed by atoms with van der Waals surface area (Å²) in [5.74, 6) is -1.96. The van der Waals surface area contributed by atoms with Gasteiger partial charge in [-0.25, -0.2) is 9.59 Å². The Morgan fingerprint density at radius 2 is 1.38 bits per heavy atom. The second-order valence-corrected chi connectivity index (χ2v) is 0.983. The highest BCUT2D eigenvalue weighted by Crippen LogP contribution is 1.75. The molecule has 0 radical (unpaired) electrons. The third kappa shape index (κ3) is 1.59. The molecule has 0 bridgehead atoms. The van der Waals surface area contributed by atoms with Crippen molar-refractivity contribution >= 4 is 11.9 Å². The summed E-state index contributed by atoms with van der Waals surface area (Å²) in [6.45, 7) is 0. The molecule has 0 aliphatic carbocycles. The van der Waals surface area contributed by atoms with E-state index in [2.05, 4.69) is 9.47 Å². The fourth-order valence-electron chi connectivity index (χ4n) is 0.167. The summed E-state index contributed by atoms with van der Waals surface area (Å²) in [4.78, 5) is 20.1. The van der Waals surface area contributed by atoms with Crippen molar-refractivity contribution in [3.8, 4) is 0 Å². The molecule has 0 aliphatic rings. The highest BCUT2D eigenvalue weighted by Gasteiger charge is 2.11. The average molecular weight is 119 g/mol. The number of esters is 2. The Balaban J connectivity index is 0. The van der Waals surface area contributed by atoms with Gasteiger partial charge in [0.1, 0.15) is 0 Å². The molecule has 0 saturated heterocycles. The third-order valence-electron chi connectivity index (χ3n) is 0.537. The Kier molecular flexibility index (Phi) is 2.61.